The van der Waals surface area contributed by atoms with Crippen molar-refractivity contribution in [2.24, 2.45) is 0 Å². The van der Waals surface area contributed by atoms with E-state index >= 15 is 0 Å². The summed E-state index contributed by atoms with van der Waals surface area (Å²) in [4.78, 5) is 0. The highest BCUT2D eigenvalue weighted by molar-refractivity contribution is 5.28. The molecule has 2 nitrogen and oxygen atoms in total. The molecule has 0 bridgehead atoms. The first kappa shape index (κ1) is 1.41. The Hall–Kier alpha value is -1.18. The summed E-state index contributed by atoms with van der Waals surface area (Å²) in [6, 6.07) is -2.15. The van der Waals surface area contributed by atoms with Crippen LogP contribution in [0.2, 0.25) is 0 Å². The second-order valence-corrected chi connectivity index (χ2v) is 1.16. The summed E-state index contributed by atoms with van der Waals surface area (Å²) in [6.45, 7) is 0. The molecule has 0 heterocycles. The molecule has 8 heavy (non-hydrogen) atoms. The van der Waals surface area contributed by atoms with Crippen LogP contribution in [0.25, 0.3) is 0 Å². The molecule has 0 aliphatic rings. The molecule has 0 saturated carbocycles. The van der Waals surface area contributed by atoms with E-state index in [9.17, 15) is 0 Å². The van der Waals surface area contributed by atoms with Crippen molar-refractivity contribution < 1.29 is 15.7 Å². The number of phenols is 2. The lowest BCUT2D eigenvalue weighted by Crippen LogP contribution is -1.61. The van der Waals surface area contributed by atoms with Gasteiger partial charge < -0.3 is 10.2 Å². The van der Waals surface area contributed by atoms with Gasteiger partial charge >= 0.3 is 0 Å². The van der Waals surface area contributed by atoms with E-state index in [0.29, 0.717) is 0 Å². The molecule has 0 aromatic heterocycles. The zero-order chi connectivity index (χ0) is 10.9. The third kappa shape index (κ3) is 0.904. The van der Waals surface area contributed by atoms with Crippen LogP contribution in [0.15, 0.2) is 24.2 Å². The lowest BCUT2D eigenvalue weighted by molar-refractivity contribution is 0.460. The predicted octanol–water partition coefficient (Wildman–Crippen LogP) is 1.10. The van der Waals surface area contributed by atoms with Crippen LogP contribution in [-0.4, -0.2) is 13.1 Å². The minimum absolute atomic E-state index is 0.485. The van der Waals surface area contributed by atoms with Crippen LogP contribution in [0.1, 0.15) is 5.48 Å². The zero-order valence-corrected chi connectivity index (χ0v) is 3.82. The van der Waals surface area contributed by atoms with E-state index in [1.165, 1.54) is 0 Å². The SMILES string of the molecule is [2H]Oc1c([2H])c([2H])c(O[2H])c([2H])c1[2H]. The Labute approximate surface area is 55.6 Å². The van der Waals surface area contributed by atoms with Gasteiger partial charge in [-0.2, -0.15) is 0 Å². The van der Waals surface area contributed by atoms with Gasteiger partial charge in [0.15, 0.2) is 0 Å². The van der Waals surface area contributed by atoms with Crippen molar-refractivity contribution in [3.8, 4) is 11.5 Å². The summed E-state index contributed by atoms with van der Waals surface area (Å²) in [7, 11) is 0. The van der Waals surface area contributed by atoms with E-state index in [4.69, 9.17) is 8.35 Å². The lowest BCUT2D eigenvalue weighted by atomic mass is 10.3. The fraction of sp³-hybridized carbons (Fsp3) is 0. The Bertz CT molecular complexity index is 302. The van der Waals surface area contributed by atoms with Crippen LogP contribution >= 0.6 is 0 Å². The first-order chi connectivity index (χ1) is 6.54. The van der Waals surface area contributed by atoms with Crippen molar-refractivity contribution >= 4 is 0 Å². The number of hydrogen-bond donors (Lipinski definition) is 2. The van der Waals surface area contributed by atoms with E-state index in [2.05, 4.69) is 10.2 Å². The molecule has 0 aliphatic heterocycles. The number of aromatic hydroxyl groups is 2. The standard InChI is InChI=1S/C6H6O2/c7-5-1-2-6(8)4-3-5/h1-4,7-8H/i1D,2D,3D,4D/hD2. The number of hydrogen-bond acceptors (Lipinski definition) is 2. The summed E-state index contributed by atoms with van der Waals surface area (Å²) in [5.41, 5.74) is 0. The smallest absolute Gasteiger partial charge is 0.293 e. The van der Waals surface area contributed by atoms with E-state index in [-0.39, 0.29) is 0 Å². The van der Waals surface area contributed by atoms with Gasteiger partial charge in [-0.3, -0.25) is 0 Å². The average molecular weight is 116 g/mol. The first-order valence-electron chi connectivity index (χ1n) is 4.72. The van der Waals surface area contributed by atoms with Crippen LogP contribution in [0.4, 0.5) is 0 Å². The quantitative estimate of drug-likeness (QED) is 0.568. The maximum Gasteiger partial charge on any atom is 0.293 e. The highest BCUT2D eigenvalue weighted by Crippen LogP contribution is 2.13. The summed E-state index contributed by atoms with van der Waals surface area (Å²) >= 11 is 0. The summed E-state index contributed by atoms with van der Waals surface area (Å²) in [6.07, 6.45) is 0. The minimum atomic E-state index is -0.539. The average Bonchev–Trinajstić information content (AvgIpc) is 2.17. The van der Waals surface area contributed by atoms with Crippen molar-refractivity contribution in [1.29, 1.82) is 2.86 Å². The first-order valence-corrected chi connectivity index (χ1v) is 1.91. The monoisotopic (exact) mass is 116 g/mol. The maximum atomic E-state index is 7.28. The Morgan fingerprint density at radius 3 is 1.75 bits per heavy atom. The number of phenolic OH excluding ortho intramolecular Hbond substituents is 2. The molecule has 1 rings (SSSR count). The molecule has 2 heteroatoms. The molecule has 42 valence electrons. The second-order valence-electron chi connectivity index (χ2n) is 1.16. The summed E-state index contributed by atoms with van der Waals surface area (Å²) in [5.74, 6) is -0.971. The van der Waals surface area contributed by atoms with Crippen molar-refractivity contribution in [1.82, 2.24) is 0 Å². The van der Waals surface area contributed by atoms with Gasteiger partial charge in [-0.15, -0.1) is 0 Å². The molecule has 0 unspecified atom stereocenters. The molecule has 0 aliphatic carbocycles. The van der Waals surface area contributed by atoms with Gasteiger partial charge in [0.2, 0.25) is 0 Å². The molecule has 2 N–H and O–H groups in total. The Kier molecular flexibility index (Phi) is 0.305. The normalized spacial score (nSPS) is 18.5. The predicted molar refractivity (Wildman–Crippen MR) is 29.8 cm³/mol. The fourth-order valence-corrected chi connectivity index (χ4v) is 0.290. The highest BCUT2D eigenvalue weighted by Gasteiger charge is 1.84. The van der Waals surface area contributed by atoms with Gasteiger partial charge in [0, 0.05) is 0 Å². The third-order valence-electron chi connectivity index (χ3n) is 0.579. The second kappa shape index (κ2) is 1.74. The van der Waals surface area contributed by atoms with Crippen LogP contribution in [0.5, 0.6) is 11.5 Å². The van der Waals surface area contributed by atoms with E-state index in [1.54, 1.807) is 0 Å². The number of benzene rings is 1. The molecule has 0 saturated heterocycles. The largest absolute Gasteiger partial charge is 0.508 e. The van der Waals surface area contributed by atoms with Crippen molar-refractivity contribution in [3.63, 3.8) is 0 Å². The van der Waals surface area contributed by atoms with Gasteiger partial charge in [0.25, 0.3) is 2.86 Å². The van der Waals surface area contributed by atoms with Crippen molar-refractivity contribution in [2.75, 3.05) is 0 Å². The van der Waals surface area contributed by atoms with Crippen LogP contribution in [0.3, 0.4) is 0 Å². The van der Waals surface area contributed by atoms with Crippen LogP contribution in [0, 0.1) is 0 Å². The molecule has 1 aromatic rings. The Balaban J connectivity index is 3.55. The molecule has 1 aromatic carbocycles. The van der Waals surface area contributed by atoms with E-state index in [1.807, 2.05) is 0 Å². The van der Waals surface area contributed by atoms with Crippen LogP contribution in [-0.2, 0) is 0 Å². The number of rotatable bonds is 2. The minimum Gasteiger partial charge on any atom is -0.508 e. The van der Waals surface area contributed by atoms with Gasteiger partial charge in [0.1, 0.15) is 11.5 Å². The molecular formula is C6H6O2. The van der Waals surface area contributed by atoms with Crippen molar-refractivity contribution in [2.45, 2.75) is 0 Å². The molecule has 0 spiro atoms. The topological polar surface area (TPSA) is 40.5 Å². The Morgan fingerprint density at radius 1 is 1.12 bits per heavy atom. The molecule has 0 atom stereocenters. The molecular weight excluding hydrogens is 104 g/mol. The van der Waals surface area contributed by atoms with Gasteiger partial charge in [-0.25, -0.2) is 0 Å². The molecule has 0 amide bonds. The highest BCUT2D eigenvalue weighted by atomic mass is 16.3. The van der Waals surface area contributed by atoms with Crippen molar-refractivity contribution in [3.05, 3.63) is 24.2 Å². The lowest BCUT2D eigenvalue weighted by Gasteiger charge is -1.88. The van der Waals surface area contributed by atoms with E-state index < -0.39 is 35.7 Å². The third-order valence-corrected chi connectivity index (χ3v) is 0.579. The van der Waals surface area contributed by atoms with Gasteiger partial charge in [-0.1, -0.05) is 0 Å². The van der Waals surface area contributed by atoms with Gasteiger partial charge in [0.05, 0.1) is 5.48 Å². The fourth-order valence-electron chi connectivity index (χ4n) is 0.290. The summed E-state index contributed by atoms with van der Waals surface area (Å²) in [5, 5.41) is 7.91. The Morgan fingerprint density at radius 2 is 1.50 bits per heavy atom. The summed E-state index contributed by atoms with van der Waals surface area (Å²) < 4.78 is 42.2. The molecule has 0 radical (unpaired) electrons. The maximum absolute atomic E-state index is 7.28. The zero-order valence-electron chi connectivity index (χ0n) is 9.82. The van der Waals surface area contributed by atoms with Gasteiger partial charge in [-0.05, 0) is 24.2 Å². The molecule has 0 fully saturated rings. The van der Waals surface area contributed by atoms with E-state index in [0.717, 1.165) is 0 Å². The van der Waals surface area contributed by atoms with Crippen LogP contribution < -0.4 is 0 Å².